The predicted molar refractivity (Wildman–Crippen MR) is 189 cm³/mol. The van der Waals surface area contributed by atoms with E-state index in [0.717, 1.165) is 62.0 Å². The van der Waals surface area contributed by atoms with Crippen LogP contribution in [-0.4, -0.2) is 20.4 Å². The van der Waals surface area contributed by atoms with Crippen molar-refractivity contribution in [2.24, 2.45) is 0 Å². The first-order valence-electron chi connectivity index (χ1n) is 15.8. The third-order valence-electron chi connectivity index (χ3n) is 9.69. The number of hydrogen-bond donors (Lipinski definition) is 1. The van der Waals surface area contributed by atoms with E-state index in [1.54, 1.807) is 0 Å². The summed E-state index contributed by atoms with van der Waals surface area (Å²) in [6.45, 7) is 4.46. The topological polar surface area (TPSA) is 54.5 Å². The van der Waals surface area contributed by atoms with E-state index in [4.69, 9.17) is 10.2 Å². The second-order valence-corrected chi connectivity index (χ2v) is 12.2. The second-order valence-electron chi connectivity index (χ2n) is 12.2. The average molecular weight is 591 g/mol. The molecule has 46 heavy (non-hydrogen) atoms. The van der Waals surface area contributed by atoms with Crippen LogP contribution < -0.4 is 0 Å². The van der Waals surface area contributed by atoms with Crippen LogP contribution in [0.25, 0.3) is 77.7 Å². The van der Waals surface area contributed by atoms with E-state index >= 15 is 0 Å². The summed E-state index contributed by atoms with van der Waals surface area (Å²) < 4.78 is 0. The first-order valence-corrected chi connectivity index (χ1v) is 15.8. The van der Waals surface area contributed by atoms with Crippen LogP contribution in [0.1, 0.15) is 22.3 Å². The molecule has 2 aromatic heterocycles. The summed E-state index contributed by atoms with van der Waals surface area (Å²) in [5.74, 6) is 0. The van der Waals surface area contributed by atoms with E-state index in [2.05, 4.69) is 145 Å². The highest BCUT2D eigenvalue weighted by Gasteiger charge is 2.30. The number of para-hydroxylation sites is 1. The molecule has 0 fully saturated rings. The Morgan fingerprint density at radius 2 is 1.24 bits per heavy atom. The molecule has 1 aliphatic carbocycles. The minimum Gasteiger partial charge on any atom is -0.354 e. The van der Waals surface area contributed by atoms with E-state index in [1.807, 2.05) is 6.07 Å². The van der Waals surface area contributed by atoms with Crippen molar-refractivity contribution in [2.75, 3.05) is 0 Å². The molecule has 1 aliphatic rings. The van der Waals surface area contributed by atoms with Gasteiger partial charge in [0.05, 0.1) is 5.52 Å². The summed E-state index contributed by atoms with van der Waals surface area (Å²) in [5, 5.41) is 16.6. The largest absolute Gasteiger partial charge is 0.354 e. The number of nitrogens with zero attached hydrogens (tertiary/aromatic N) is 3. The van der Waals surface area contributed by atoms with Gasteiger partial charge in [0.2, 0.25) is 0 Å². The highest BCUT2D eigenvalue weighted by molar-refractivity contribution is 6.16. The molecule has 0 spiro atoms. The number of aromatic amines is 1. The van der Waals surface area contributed by atoms with Crippen molar-refractivity contribution in [2.45, 2.75) is 20.3 Å². The molecule has 0 saturated heterocycles. The van der Waals surface area contributed by atoms with Crippen LogP contribution in [0.15, 0.2) is 127 Å². The minimum atomic E-state index is 0.830. The fourth-order valence-electron chi connectivity index (χ4n) is 7.42. The second kappa shape index (κ2) is 10.4. The van der Waals surface area contributed by atoms with Gasteiger partial charge in [-0.2, -0.15) is 0 Å². The Kier molecular flexibility index (Phi) is 5.97. The smallest absolute Gasteiger partial charge is 0.108 e. The highest BCUT2D eigenvalue weighted by Crippen LogP contribution is 2.50. The van der Waals surface area contributed by atoms with Crippen molar-refractivity contribution >= 4 is 21.8 Å². The monoisotopic (exact) mass is 590 g/mol. The summed E-state index contributed by atoms with van der Waals surface area (Å²) in [4.78, 5) is 3.80. The molecule has 1 N–H and O–H groups in total. The third kappa shape index (κ3) is 3.97. The molecule has 9 rings (SSSR count). The molecule has 0 radical (unpaired) electrons. The lowest BCUT2D eigenvalue weighted by Crippen LogP contribution is -2.05. The number of H-pyrrole nitrogens is 1. The summed E-state index contributed by atoms with van der Waals surface area (Å²) in [6.07, 6.45) is 0.861. The number of hydrogen-bond acceptors (Lipinski definition) is 3. The molecular formula is C42H30N4. The SMILES string of the molecule is Cc1cc2c(c(-c3c(-c4ccccc4)nnnc3-c3c(-c4ccccc4)ccc4c3[nH]c3ccccc34)c1C)Cc1ccccc1-2. The zero-order valence-corrected chi connectivity index (χ0v) is 25.7. The van der Waals surface area contributed by atoms with Gasteiger partial charge < -0.3 is 4.98 Å². The van der Waals surface area contributed by atoms with Crippen LogP contribution in [0.3, 0.4) is 0 Å². The molecular weight excluding hydrogens is 560 g/mol. The van der Waals surface area contributed by atoms with Crippen LogP contribution >= 0.6 is 0 Å². The fraction of sp³-hybridized carbons (Fsp3) is 0.0714. The van der Waals surface area contributed by atoms with E-state index in [0.29, 0.717) is 0 Å². The van der Waals surface area contributed by atoms with Gasteiger partial charge in [-0.3, -0.25) is 0 Å². The van der Waals surface area contributed by atoms with Crippen molar-refractivity contribution in [3.05, 3.63) is 150 Å². The maximum atomic E-state index is 4.98. The zero-order valence-electron chi connectivity index (χ0n) is 25.7. The summed E-state index contributed by atoms with van der Waals surface area (Å²) >= 11 is 0. The summed E-state index contributed by atoms with van der Waals surface area (Å²) in [6, 6.07) is 45.2. The van der Waals surface area contributed by atoms with Gasteiger partial charge in [0.25, 0.3) is 0 Å². The van der Waals surface area contributed by atoms with Crippen molar-refractivity contribution < 1.29 is 0 Å². The van der Waals surface area contributed by atoms with Crippen LogP contribution in [0.5, 0.6) is 0 Å². The number of aromatic nitrogens is 4. The van der Waals surface area contributed by atoms with Gasteiger partial charge in [0.15, 0.2) is 0 Å². The maximum Gasteiger partial charge on any atom is 0.108 e. The van der Waals surface area contributed by atoms with Crippen molar-refractivity contribution in [1.82, 2.24) is 20.4 Å². The van der Waals surface area contributed by atoms with Crippen molar-refractivity contribution in [1.29, 1.82) is 0 Å². The Morgan fingerprint density at radius 1 is 0.543 bits per heavy atom. The number of benzene rings is 6. The Bertz CT molecular complexity index is 2460. The molecule has 8 aromatic rings. The lowest BCUT2D eigenvalue weighted by molar-refractivity contribution is 0.878. The van der Waals surface area contributed by atoms with Gasteiger partial charge in [-0.1, -0.05) is 121 Å². The van der Waals surface area contributed by atoms with Gasteiger partial charge >= 0.3 is 0 Å². The van der Waals surface area contributed by atoms with Gasteiger partial charge in [-0.25, -0.2) is 0 Å². The number of aryl methyl sites for hydroxylation is 1. The zero-order chi connectivity index (χ0) is 30.8. The molecule has 218 valence electrons. The molecule has 4 heteroatoms. The van der Waals surface area contributed by atoms with Gasteiger partial charge in [-0.05, 0) is 81.6 Å². The van der Waals surface area contributed by atoms with Crippen molar-refractivity contribution in [3.8, 4) is 55.9 Å². The standard InChI is InChI=1S/C42H30N4/c1-25-23-34-30-18-10-9-17-29(30)24-35(34)37(26(25)2)39-40(28-15-7-4-8-16-28)44-46-45-42(39)38-31(27-13-5-3-6-14-27)21-22-33-32-19-11-12-20-36(32)43-41(33)38/h3-23,43H,24H2,1-2H3. The molecule has 6 aromatic carbocycles. The van der Waals surface area contributed by atoms with Crippen molar-refractivity contribution in [3.63, 3.8) is 0 Å². The Hall–Kier alpha value is -5.87. The molecule has 0 bridgehead atoms. The highest BCUT2D eigenvalue weighted by atomic mass is 15.3. The molecule has 0 atom stereocenters. The first kappa shape index (κ1) is 26.5. The lowest BCUT2D eigenvalue weighted by atomic mass is 9.83. The molecule has 0 unspecified atom stereocenters. The lowest BCUT2D eigenvalue weighted by Gasteiger charge is -2.21. The molecule has 0 aliphatic heterocycles. The van der Waals surface area contributed by atoms with Gasteiger partial charge in [0.1, 0.15) is 11.4 Å². The predicted octanol–water partition coefficient (Wildman–Crippen LogP) is 10.4. The molecule has 0 amide bonds. The number of rotatable bonds is 4. The Labute approximate surface area is 267 Å². The number of fused-ring (bicyclic) bond motifs is 6. The first-order chi connectivity index (χ1) is 22.7. The minimum absolute atomic E-state index is 0.830. The Morgan fingerprint density at radius 3 is 2.07 bits per heavy atom. The number of nitrogens with one attached hydrogen (secondary N) is 1. The van der Waals surface area contributed by atoms with Crippen LogP contribution in [0.4, 0.5) is 0 Å². The summed E-state index contributed by atoms with van der Waals surface area (Å²) in [7, 11) is 0. The normalized spacial score (nSPS) is 12.0. The molecule has 0 saturated carbocycles. The van der Waals surface area contributed by atoms with Gasteiger partial charge in [0, 0.05) is 33.0 Å². The molecule has 4 nitrogen and oxygen atoms in total. The van der Waals surface area contributed by atoms with Crippen LogP contribution in [-0.2, 0) is 6.42 Å². The molecule has 2 heterocycles. The quantitative estimate of drug-likeness (QED) is 0.222. The van der Waals surface area contributed by atoms with E-state index in [1.165, 1.54) is 44.3 Å². The van der Waals surface area contributed by atoms with Crippen LogP contribution in [0, 0.1) is 13.8 Å². The van der Waals surface area contributed by atoms with E-state index in [-0.39, 0.29) is 0 Å². The van der Waals surface area contributed by atoms with E-state index in [9.17, 15) is 0 Å². The average Bonchev–Trinajstić information content (AvgIpc) is 3.67. The van der Waals surface area contributed by atoms with E-state index < -0.39 is 0 Å². The fourth-order valence-corrected chi connectivity index (χ4v) is 7.42. The Balaban J connectivity index is 1.46. The summed E-state index contributed by atoms with van der Waals surface area (Å²) in [5.41, 5.74) is 18.1. The van der Waals surface area contributed by atoms with Crippen LogP contribution in [0.2, 0.25) is 0 Å². The maximum absolute atomic E-state index is 4.98. The third-order valence-corrected chi connectivity index (χ3v) is 9.69. The van der Waals surface area contributed by atoms with Gasteiger partial charge in [-0.15, -0.1) is 10.2 Å².